The van der Waals surface area contributed by atoms with Crippen molar-refractivity contribution in [2.24, 2.45) is 0 Å². The van der Waals surface area contributed by atoms with Crippen molar-refractivity contribution >= 4 is 0 Å². The van der Waals surface area contributed by atoms with Crippen LogP contribution in [0.2, 0.25) is 0 Å². The number of aromatic nitrogens is 4. The monoisotopic (exact) mass is 289 g/mol. The standard InChI is InChI=1S/C16H27N5/c1-6-13(4)21-9-8-14(19-21)11-15(17-5)16-10-12(3)18-20(16)7-2/h8-10,13,15,17H,6-7,11H2,1-5H3. The van der Waals surface area contributed by atoms with Gasteiger partial charge < -0.3 is 5.32 Å². The van der Waals surface area contributed by atoms with Gasteiger partial charge in [0.15, 0.2) is 0 Å². The lowest BCUT2D eigenvalue weighted by Crippen LogP contribution is -2.22. The Bertz CT molecular complexity index is 569. The lowest BCUT2D eigenvalue weighted by atomic mass is 10.1. The predicted octanol–water partition coefficient (Wildman–Crippen LogP) is 2.88. The fourth-order valence-corrected chi connectivity index (χ4v) is 2.58. The highest BCUT2D eigenvalue weighted by Gasteiger charge is 2.17. The molecule has 2 aromatic rings. The van der Waals surface area contributed by atoms with Crippen molar-refractivity contribution in [3.8, 4) is 0 Å². The summed E-state index contributed by atoms with van der Waals surface area (Å²) in [5, 5.41) is 12.6. The van der Waals surface area contributed by atoms with Crippen molar-refractivity contribution in [2.45, 2.75) is 59.2 Å². The molecule has 0 aliphatic rings. The first kappa shape index (κ1) is 15.8. The van der Waals surface area contributed by atoms with E-state index < -0.39 is 0 Å². The van der Waals surface area contributed by atoms with Gasteiger partial charge in [-0.25, -0.2) is 0 Å². The van der Waals surface area contributed by atoms with Crippen molar-refractivity contribution in [3.05, 3.63) is 35.4 Å². The summed E-state index contributed by atoms with van der Waals surface area (Å²) in [6.07, 6.45) is 4.06. The van der Waals surface area contributed by atoms with E-state index in [1.807, 2.05) is 14.0 Å². The van der Waals surface area contributed by atoms with Gasteiger partial charge in [-0.15, -0.1) is 0 Å². The number of rotatable bonds is 7. The summed E-state index contributed by atoms with van der Waals surface area (Å²) in [5.74, 6) is 0. The van der Waals surface area contributed by atoms with Gasteiger partial charge in [0.2, 0.25) is 0 Å². The number of nitrogens with one attached hydrogen (secondary N) is 1. The SMILES string of the molecule is CCC(C)n1ccc(CC(NC)c2cc(C)nn2CC)n1. The fourth-order valence-electron chi connectivity index (χ4n) is 2.58. The summed E-state index contributed by atoms with van der Waals surface area (Å²) in [6, 6.07) is 4.98. The summed E-state index contributed by atoms with van der Waals surface area (Å²) in [7, 11) is 2.00. The van der Waals surface area contributed by atoms with E-state index in [1.54, 1.807) is 0 Å². The Morgan fingerprint density at radius 1 is 1.29 bits per heavy atom. The molecule has 0 saturated carbocycles. The van der Waals surface area contributed by atoms with Gasteiger partial charge in [0, 0.05) is 25.2 Å². The Hall–Kier alpha value is -1.62. The fraction of sp³-hybridized carbons (Fsp3) is 0.625. The maximum absolute atomic E-state index is 4.70. The zero-order chi connectivity index (χ0) is 15.4. The minimum absolute atomic E-state index is 0.242. The molecule has 116 valence electrons. The summed E-state index contributed by atoms with van der Waals surface area (Å²) < 4.78 is 4.13. The van der Waals surface area contributed by atoms with E-state index in [2.05, 4.69) is 58.9 Å². The molecule has 0 amide bonds. The number of hydrogen-bond acceptors (Lipinski definition) is 3. The van der Waals surface area contributed by atoms with Crippen LogP contribution in [0, 0.1) is 6.92 Å². The summed E-state index contributed by atoms with van der Waals surface area (Å²) in [6.45, 7) is 9.44. The topological polar surface area (TPSA) is 47.7 Å². The Balaban J connectivity index is 2.17. The first-order valence-electron chi connectivity index (χ1n) is 7.84. The summed E-state index contributed by atoms with van der Waals surface area (Å²) >= 11 is 0. The molecule has 5 nitrogen and oxygen atoms in total. The Morgan fingerprint density at radius 3 is 2.67 bits per heavy atom. The molecule has 0 spiro atoms. The van der Waals surface area contributed by atoms with E-state index in [1.165, 1.54) is 5.69 Å². The van der Waals surface area contributed by atoms with Gasteiger partial charge in [-0.1, -0.05) is 6.92 Å². The van der Waals surface area contributed by atoms with Crippen LogP contribution in [0.1, 0.15) is 56.4 Å². The molecule has 2 heterocycles. The number of aryl methyl sites for hydroxylation is 2. The molecule has 0 saturated heterocycles. The van der Waals surface area contributed by atoms with Crippen LogP contribution in [-0.4, -0.2) is 26.6 Å². The van der Waals surface area contributed by atoms with Crippen LogP contribution in [0.15, 0.2) is 18.3 Å². The van der Waals surface area contributed by atoms with Crippen LogP contribution in [0.25, 0.3) is 0 Å². The molecule has 2 rings (SSSR count). The zero-order valence-electron chi connectivity index (χ0n) is 13.8. The second-order valence-electron chi connectivity index (χ2n) is 5.62. The molecule has 0 radical (unpaired) electrons. The molecule has 21 heavy (non-hydrogen) atoms. The van der Waals surface area contributed by atoms with Crippen LogP contribution in [0.5, 0.6) is 0 Å². The van der Waals surface area contributed by atoms with E-state index in [9.17, 15) is 0 Å². The first-order valence-corrected chi connectivity index (χ1v) is 7.84. The molecule has 0 bridgehead atoms. The van der Waals surface area contributed by atoms with E-state index in [0.717, 1.165) is 30.8 Å². The molecule has 0 aliphatic carbocycles. The van der Waals surface area contributed by atoms with Crippen LogP contribution in [0.3, 0.4) is 0 Å². The largest absolute Gasteiger partial charge is 0.311 e. The van der Waals surface area contributed by atoms with Crippen molar-refractivity contribution in [1.82, 2.24) is 24.9 Å². The van der Waals surface area contributed by atoms with Gasteiger partial charge in [0.25, 0.3) is 0 Å². The Labute approximate surface area is 127 Å². The predicted molar refractivity (Wildman–Crippen MR) is 85.4 cm³/mol. The van der Waals surface area contributed by atoms with Gasteiger partial charge in [0.05, 0.1) is 23.1 Å². The third kappa shape index (κ3) is 3.53. The van der Waals surface area contributed by atoms with Gasteiger partial charge >= 0.3 is 0 Å². The van der Waals surface area contributed by atoms with E-state index in [4.69, 9.17) is 5.10 Å². The lowest BCUT2D eigenvalue weighted by Gasteiger charge is -2.16. The molecule has 2 atom stereocenters. The molecule has 0 fully saturated rings. The number of nitrogens with zero attached hydrogens (tertiary/aromatic N) is 4. The summed E-state index contributed by atoms with van der Waals surface area (Å²) in [4.78, 5) is 0. The molecule has 1 N–H and O–H groups in total. The molecule has 5 heteroatoms. The van der Waals surface area contributed by atoms with Crippen LogP contribution in [0.4, 0.5) is 0 Å². The van der Waals surface area contributed by atoms with E-state index in [-0.39, 0.29) is 6.04 Å². The van der Waals surface area contributed by atoms with E-state index >= 15 is 0 Å². The quantitative estimate of drug-likeness (QED) is 0.852. The molecular formula is C16H27N5. The average molecular weight is 289 g/mol. The zero-order valence-corrected chi connectivity index (χ0v) is 13.8. The molecule has 0 aromatic carbocycles. The second-order valence-corrected chi connectivity index (χ2v) is 5.62. The third-order valence-electron chi connectivity index (χ3n) is 4.06. The van der Waals surface area contributed by atoms with E-state index in [0.29, 0.717) is 6.04 Å². The molecule has 0 aliphatic heterocycles. The Kier molecular flexibility index (Phi) is 5.17. The average Bonchev–Trinajstić information content (AvgIpc) is 3.10. The minimum Gasteiger partial charge on any atom is -0.311 e. The normalized spacial score (nSPS) is 14.3. The first-order chi connectivity index (χ1) is 10.1. The molecule has 2 unspecified atom stereocenters. The lowest BCUT2D eigenvalue weighted by molar-refractivity contribution is 0.464. The van der Waals surface area contributed by atoms with Crippen LogP contribution < -0.4 is 5.32 Å². The van der Waals surface area contributed by atoms with Crippen LogP contribution >= 0.6 is 0 Å². The third-order valence-corrected chi connectivity index (χ3v) is 4.06. The van der Waals surface area contributed by atoms with Gasteiger partial charge in [-0.3, -0.25) is 9.36 Å². The molecule has 2 aromatic heterocycles. The second kappa shape index (κ2) is 6.89. The molecular weight excluding hydrogens is 262 g/mol. The maximum atomic E-state index is 4.70. The number of likely N-dealkylation sites (N-methyl/N-ethyl adjacent to an activating group) is 1. The van der Waals surface area contributed by atoms with Gasteiger partial charge in [-0.05, 0) is 46.4 Å². The number of hydrogen-bond donors (Lipinski definition) is 1. The van der Waals surface area contributed by atoms with Gasteiger partial charge in [-0.2, -0.15) is 10.2 Å². The smallest absolute Gasteiger partial charge is 0.0644 e. The summed E-state index contributed by atoms with van der Waals surface area (Å²) in [5.41, 5.74) is 3.42. The minimum atomic E-state index is 0.242. The van der Waals surface area contributed by atoms with Crippen molar-refractivity contribution in [1.29, 1.82) is 0 Å². The van der Waals surface area contributed by atoms with Crippen molar-refractivity contribution in [2.75, 3.05) is 7.05 Å². The highest BCUT2D eigenvalue weighted by Crippen LogP contribution is 2.19. The van der Waals surface area contributed by atoms with Crippen molar-refractivity contribution < 1.29 is 0 Å². The maximum Gasteiger partial charge on any atom is 0.0644 e. The highest BCUT2D eigenvalue weighted by molar-refractivity contribution is 5.16. The van der Waals surface area contributed by atoms with Gasteiger partial charge in [0.1, 0.15) is 0 Å². The van der Waals surface area contributed by atoms with Crippen molar-refractivity contribution in [3.63, 3.8) is 0 Å². The van der Waals surface area contributed by atoms with Crippen LogP contribution in [-0.2, 0) is 13.0 Å². The highest BCUT2D eigenvalue weighted by atomic mass is 15.3. The Morgan fingerprint density at radius 2 is 2.05 bits per heavy atom.